The van der Waals surface area contributed by atoms with Crippen molar-refractivity contribution in [2.24, 2.45) is 0 Å². The molecule has 2 aromatic carbocycles. The normalized spacial score (nSPS) is 10.7. The molecule has 0 fully saturated rings. The summed E-state index contributed by atoms with van der Waals surface area (Å²) in [6.07, 6.45) is 1.29. The zero-order valence-corrected chi connectivity index (χ0v) is 12.4. The Labute approximate surface area is 133 Å². The monoisotopic (exact) mass is 306 g/mol. The highest BCUT2D eigenvalue weighted by atomic mass is 16.3. The summed E-state index contributed by atoms with van der Waals surface area (Å²) in [5.74, 6) is -0.870. The van der Waals surface area contributed by atoms with Crippen LogP contribution in [-0.2, 0) is 4.79 Å². The predicted molar refractivity (Wildman–Crippen MR) is 86.8 cm³/mol. The Morgan fingerprint density at radius 1 is 1.13 bits per heavy atom. The number of rotatable bonds is 4. The lowest BCUT2D eigenvalue weighted by atomic mass is 10.1. The van der Waals surface area contributed by atoms with Crippen molar-refractivity contribution in [3.8, 4) is 11.8 Å². The molecule has 0 saturated carbocycles. The number of nitriles is 1. The first-order valence-electron chi connectivity index (χ1n) is 6.84. The first kappa shape index (κ1) is 16.0. The third-order valence-corrected chi connectivity index (χ3v) is 3.16. The Morgan fingerprint density at radius 2 is 1.78 bits per heavy atom. The first-order valence-corrected chi connectivity index (χ1v) is 6.84. The summed E-state index contributed by atoms with van der Waals surface area (Å²) >= 11 is 0. The summed E-state index contributed by atoms with van der Waals surface area (Å²) in [7, 11) is 0. The van der Waals surface area contributed by atoms with Gasteiger partial charge in [0, 0.05) is 11.1 Å². The van der Waals surface area contributed by atoms with Crippen LogP contribution in [0.3, 0.4) is 0 Å². The number of phenolic OH excluding ortho intramolecular Hbond substituents is 1. The third-order valence-electron chi connectivity index (χ3n) is 3.16. The second-order valence-electron chi connectivity index (χ2n) is 4.78. The molecule has 1 amide bonds. The Hall–Kier alpha value is -3.39. The van der Waals surface area contributed by atoms with Crippen LogP contribution in [0.2, 0.25) is 0 Å². The molecule has 0 radical (unpaired) electrons. The van der Waals surface area contributed by atoms with Crippen molar-refractivity contribution in [2.75, 3.05) is 5.32 Å². The summed E-state index contributed by atoms with van der Waals surface area (Å²) in [5.41, 5.74) is 0.882. The lowest BCUT2D eigenvalue weighted by Crippen LogP contribution is -2.15. The van der Waals surface area contributed by atoms with Crippen LogP contribution >= 0.6 is 0 Å². The van der Waals surface area contributed by atoms with Crippen LogP contribution < -0.4 is 5.32 Å². The Bertz CT molecular complexity index is 832. The molecule has 2 N–H and O–H groups in total. The Kier molecular flexibility index (Phi) is 4.90. The van der Waals surface area contributed by atoms with Crippen LogP contribution in [0.15, 0.2) is 54.1 Å². The molecule has 0 heterocycles. The van der Waals surface area contributed by atoms with Crippen molar-refractivity contribution >= 4 is 23.5 Å². The lowest BCUT2D eigenvalue weighted by molar-refractivity contribution is -0.112. The fourth-order valence-electron chi connectivity index (χ4n) is 2.00. The molecule has 0 atom stereocenters. The second kappa shape index (κ2) is 7.05. The van der Waals surface area contributed by atoms with Gasteiger partial charge in [0.05, 0.1) is 5.69 Å². The molecule has 0 aliphatic carbocycles. The number of anilines is 1. The van der Waals surface area contributed by atoms with Crippen molar-refractivity contribution < 1.29 is 14.7 Å². The van der Waals surface area contributed by atoms with Crippen LogP contribution in [0, 0.1) is 11.3 Å². The standard InChI is InChI=1S/C18H14N2O3/c1-12(21)15-7-3-4-8-16(15)20-18(23)14(11-19)10-13-6-2-5-9-17(13)22/h2-10,22H,1H3,(H,20,23)/b14-10-. The SMILES string of the molecule is CC(=O)c1ccccc1NC(=O)/C(C#N)=C\c1ccccc1O. The van der Waals surface area contributed by atoms with E-state index in [0.717, 1.165) is 0 Å². The van der Waals surface area contributed by atoms with Gasteiger partial charge in [-0.2, -0.15) is 5.26 Å². The zero-order valence-electron chi connectivity index (χ0n) is 12.4. The number of carbonyl (C=O) groups is 2. The van der Waals surface area contributed by atoms with E-state index in [9.17, 15) is 20.0 Å². The van der Waals surface area contributed by atoms with E-state index in [1.807, 2.05) is 0 Å². The van der Waals surface area contributed by atoms with Gasteiger partial charge < -0.3 is 10.4 Å². The largest absolute Gasteiger partial charge is 0.507 e. The predicted octanol–water partition coefficient (Wildman–Crippen LogP) is 3.14. The number of ketones is 1. The van der Waals surface area contributed by atoms with Gasteiger partial charge in [0.2, 0.25) is 0 Å². The van der Waals surface area contributed by atoms with E-state index in [1.165, 1.54) is 19.1 Å². The maximum absolute atomic E-state index is 12.2. The van der Waals surface area contributed by atoms with Gasteiger partial charge in [-0.3, -0.25) is 9.59 Å². The third kappa shape index (κ3) is 3.83. The molecule has 23 heavy (non-hydrogen) atoms. The molecule has 5 heteroatoms. The molecule has 2 aromatic rings. The van der Waals surface area contributed by atoms with Crippen molar-refractivity contribution in [3.05, 3.63) is 65.2 Å². The average Bonchev–Trinajstić information content (AvgIpc) is 2.54. The summed E-state index contributed by atoms with van der Waals surface area (Å²) < 4.78 is 0. The number of para-hydroxylation sites is 2. The maximum Gasteiger partial charge on any atom is 0.266 e. The van der Waals surface area contributed by atoms with Crippen LogP contribution in [-0.4, -0.2) is 16.8 Å². The second-order valence-corrected chi connectivity index (χ2v) is 4.78. The summed E-state index contributed by atoms with van der Waals surface area (Å²) in [6, 6.07) is 14.7. The number of hydrogen-bond acceptors (Lipinski definition) is 4. The van der Waals surface area contributed by atoms with Gasteiger partial charge in [-0.15, -0.1) is 0 Å². The van der Waals surface area contributed by atoms with Gasteiger partial charge >= 0.3 is 0 Å². The molecular weight excluding hydrogens is 292 g/mol. The lowest BCUT2D eigenvalue weighted by Gasteiger charge is -2.08. The molecule has 0 aliphatic heterocycles. The fourth-order valence-corrected chi connectivity index (χ4v) is 2.00. The minimum Gasteiger partial charge on any atom is -0.507 e. The molecule has 0 spiro atoms. The quantitative estimate of drug-likeness (QED) is 0.516. The van der Waals surface area contributed by atoms with Crippen LogP contribution in [0.5, 0.6) is 5.75 Å². The number of phenols is 1. The topological polar surface area (TPSA) is 90.2 Å². The molecule has 0 aromatic heterocycles. The number of aromatic hydroxyl groups is 1. The average molecular weight is 306 g/mol. The number of Topliss-reactive ketones (excluding diaryl/α,β-unsaturated/α-hetero) is 1. The molecule has 0 saturated heterocycles. The van der Waals surface area contributed by atoms with E-state index in [2.05, 4.69) is 5.32 Å². The molecule has 0 aliphatic rings. The number of benzene rings is 2. The van der Waals surface area contributed by atoms with E-state index in [-0.39, 0.29) is 17.1 Å². The number of hydrogen-bond donors (Lipinski definition) is 2. The van der Waals surface area contributed by atoms with Crippen molar-refractivity contribution in [2.45, 2.75) is 6.92 Å². The van der Waals surface area contributed by atoms with Crippen molar-refractivity contribution in [1.82, 2.24) is 0 Å². The van der Waals surface area contributed by atoms with Crippen molar-refractivity contribution in [1.29, 1.82) is 5.26 Å². The molecular formula is C18H14N2O3. The molecule has 0 bridgehead atoms. The van der Waals surface area contributed by atoms with E-state index >= 15 is 0 Å². The number of nitrogens with zero attached hydrogens (tertiary/aromatic N) is 1. The summed E-state index contributed by atoms with van der Waals surface area (Å²) in [4.78, 5) is 23.8. The molecule has 114 valence electrons. The number of nitrogens with one attached hydrogen (secondary N) is 1. The minimum absolute atomic E-state index is 0.0304. The number of amides is 1. The maximum atomic E-state index is 12.2. The Balaban J connectivity index is 2.31. The molecule has 2 rings (SSSR count). The van der Waals surface area contributed by atoms with Gasteiger partial charge in [-0.25, -0.2) is 0 Å². The van der Waals surface area contributed by atoms with E-state index in [0.29, 0.717) is 16.8 Å². The minimum atomic E-state index is -0.649. The van der Waals surface area contributed by atoms with E-state index in [4.69, 9.17) is 0 Å². The summed E-state index contributed by atoms with van der Waals surface area (Å²) in [6.45, 7) is 1.40. The summed E-state index contributed by atoms with van der Waals surface area (Å²) in [5, 5.41) is 21.4. The highest BCUT2D eigenvalue weighted by Crippen LogP contribution is 2.20. The van der Waals surface area contributed by atoms with Gasteiger partial charge in [0.1, 0.15) is 17.4 Å². The highest BCUT2D eigenvalue weighted by Gasteiger charge is 2.14. The highest BCUT2D eigenvalue weighted by molar-refractivity contribution is 6.12. The van der Waals surface area contributed by atoms with Crippen LogP contribution in [0.1, 0.15) is 22.8 Å². The van der Waals surface area contributed by atoms with Gasteiger partial charge in [-0.1, -0.05) is 30.3 Å². The number of carbonyl (C=O) groups excluding carboxylic acids is 2. The Morgan fingerprint density at radius 3 is 2.43 bits per heavy atom. The molecule has 5 nitrogen and oxygen atoms in total. The van der Waals surface area contributed by atoms with Gasteiger partial charge in [-0.05, 0) is 31.2 Å². The van der Waals surface area contributed by atoms with E-state index < -0.39 is 5.91 Å². The molecule has 0 unspecified atom stereocenters. The van der Waals surface area contributed by atoms with Crippen LogP contribution in [0.4, 0.5) is 5.69 Å². The van der Waals surface area contributed by atoms with Crippen molar-refractivity contribution in [3.63, 3.8) is 0 Å². The fraction of sp³-hybridized carbons (Fsp3) is 0.0556. The van der Waals surface area contributed by atoms with Gasteiger partial charge in [0.25, 0.3) is 5.91 Å². The van der Waals surface area contributed by atoms with Gasteiger partial charge in [0.15, 0.2) is 5.78 Å². The first-order chi connectivity index (χ1) is 11.0. The zero-order chi connectivity index (χ0) is 16.8. The van der Waals surface area contributed by atoms with Crippen LogP contribution in [0.25, 0.3) is 6.08 Å². The van der Waals surface area contributed by atoms with E-state index in [1.54, 1.807) is 48.5 Å². The smallest absolute Gasteiger partial charge is 0.266 e.